The summed E-state index contributed by atoms with van der Waals surface area (Å²) < 4.78 is 1.92. The minimum absolute atomic E-state index is 0.581. The number of hydrogen-bond donors (Lipinski definition) is 1. The molecule has 1 heterocycles. The molecule has 0 aliphatic carbocycles. The number of nitrogen functional groups attached to an aromatic ring is 1. The molecule has 0 fully saturated rings. The zero-order chi connectivity index (χ0) is 10.6. The standard InChI is InChI=1S/C11H21N3/c1-4-6-9(7-5-2)11-10(12)8-13-14(11)3/h8-9H,4-7,12H2,1-3H3. The number of nitrogens with zero attached hydrogens (tertiary/aromatic N) is 2. The Kier molecular flexibility index (Phi) is 3.98. The Morgan fingerprint density at radius 2 is 1.93 bits per heavy atom. The van der Waals surface area contributed by atoms with Crippen molar-refractivity contribution in [1.82, 2.24) is 9.78 Å². The van der Waals surface area contributed by atoms with Gasteiger partial charge in [-0.2, -0.15) is 5.10 Å². The maximum absolute atomic E-state index is 5.92. The highest BCUT2D eigenvalue weighted by molar-refractivity contribution is 5.42. The molecule has 3 heteroatoms. The first-order chi connectivity index (χ1) is 6.70. The van der Waals surface area contributed by atoms with Crippen molar-refractivity contribution >= 4 is 5.69 Å². The lowest BCUT2D eigenvalue weighted by Gasteiger charge is -2.16. The quantitative estimate of drug-likeness (QED) is 0.785. The molecule has 0 aromatic carbocycles. The molecule has 0 unspecified atom stereocenters. The molecule has 1 aromatic heterocycles. The van der Waals surface area contributed by atoms with Crippen molar-refractivity contribution in [2.45, 2.75) is 45.4 Å². The van der Waals surface area contributed by atoms with Crippen LogP contribution >= 0.6 is 0 Å². The van der Waals surface area contributed by atoms with Gasteiger partial charge in [0.05, 0.1) is 17.6 Å². The molecule has 0 saturated carbocycles. The molecule has 0 aliphatic rings. The van der Waals surface area contributed by atoms with Gasteiger partial charge in [0, 0.05) is 13.0 Å². The van der Waals surface area contributed by atoms with Crippen molar-refractivity contribution in [1.29, 1.82) is 0 Å². The Morgan fingerprint density at radius 1 is 1.36 bits per heavy atom. The number of aryl methyl sites for hydroxylation is 1. The first-order valence-electron chi connectivity index (χ1n) is 5.48. The largest absolute Gasteiger partial charge is 0.396 e. The van der Waals surface area contributed by atoms with E-state index in [0.29, 0.717) is 5.92 Å². The van der Waals surface area contributed by atoms with Crippen molar-refractivity contribution in [2.75, 3.05) is 5.73 Å². The van der Waals surface area contributed by atoms with Crippen molar-refractivity contribution in [3.8, 4) is 0 Å². The maximum atomic E-state index is 5.92. The molecule has 0 saturated heterocycles. The molecule has 0 amide bonds. The second-order valence-corrected chi connectivity index (χ2v) is 3.88. The number of anilines is 1. The van der Waals surface area contributed by atoms with Gasteiger partial charge >= 0.3 is 0 Å². The van der Waals surface area contributed by atoms with E-state index in [1.54, 1.807) is 6.20 Å². The van der Waals surface area contributed by atoms with E-state index in [4.69, 9.17) is 5.73 Å². The third-order valence-electron chi connectivity index (χ3n) is 2.68. The molecular formula is C11H21N3. The van der Waals surface area contributed by atoms with Gasteiger partial charge < -0.3 is 5.73 Å². The van der Waals surface area contributed by atoms with Crippen LogP contribution in [0.15, 0.2) is 6.20 Å². The Bertz CT molecular complexity index is 253. The van der Waals surface area contributed by atoms with E-state index in [-0.39, 0.29) is 0 Å². The Hall–Kier alpha value is -0.990. The lowest BCUT2D eigenvalue weighted by Crippen LogP contribution is -2.08. The summed E-state index contributed by atoms with van der Waals surface area (Å²) in [7, 11) is 1.98. The lowest BCUT2D eigenvalue weighted by atomic mass is 9.94. The molecule has 2 N–H and O–H groups in total. The van der Waals surface area contributed by atoms with Gasteiger partial charge in [0.1, 0.15) is 0 Å². The monoisotopic (exact) mass is 195 g/mol. The summed E-state index contributed by atoms with van der Waals surface area (Å²) in [5.41, 5.74) is 7.98. The van der Waals surface area contributed by atoms with E-state index in [9.17, 15) is 0 Å². The van der Waals surface area contributed by atoms with Gasteiger partial charge in [-0.3, -0.25) is 4.68 Å². The van der Waals surface area contributed by atoms with Gasteiger partial charge in [-0.1, -0.05) is 26.7 Å². The van der Waals surface area contributed by atoms with Crippen LogP contribution in [0, 0.1) is 0 Å². The van der Waals surface area contributed by atoms with Crippen molar-refractivity contribution in [3.63, 3.8) is 0 Å². The molecule has 0 radical (unpaired) electrons. The average Bonchev–Trinajstić information content (AvgIpc) is 2.46. The smallest absolute Gasteiger partial charge is 0.0735 e. The topological polar surface area (TPSA) is 43.8 Å². The predicted octanol–water partition coefficient (Wildman–Crippen LogP) is 2.69. The SMILES string of the molecule is CCCC(CCC)c1c(N)cnn1C. The van der Waals surface area contributed by atoms with Crippen LogP contribution < -0.4 is 5.73 Å². The van der Waals surface area contributed by atoms with E-state index in [1.807, 2.05) is 11.7 Å². The number of aromatic nitrogens is 2. The van der Waals surface area contributed by atoms with E-state index >= 15 is 0 Å². The van der Waals surface area contributed by atoms with Crippen molar-refractivity contribution in [3.05, 3.63) is 11.9 Å². The van der Waals surface area contributed by atoms with Gasteiger partial charge in [0.2, 0.25) is 0 Å². The molecule has 14 heavy (non-hydrogen) atoms. The molecule has 1 aromatic rings. The summed E-state index contributed by atoms with van der Waals surface area (Å²) in [5.74, 6) is 0.581. The fourth-order valence-electron chi connectivity index (χ4n) is 2.08. The summed E-state index contributed by atoms with van der Waals surface area (Å²) in [6.07, 6.45) is 6.58. The summed E-state index contributed by atoms with van der Waals surface area (Å²) in [6.45, 7) is 4.43. The van der Waals surface area contributed by atoms with Gasteiger partial charge in [-0.05, 0) is 12.8 Å². The van der Waals surface area contributed by atoms with Crippen LogP contribution in [-0.2, 0) is 7.05 Å². The Morgan fingerprint density at radius 3 is 2.29 bits per heavy atom. The van der Waals surface area contributed by atoms with Gasteiger partial charge in [-0.25, -0.2) is 0 Å². The number of rotatable bonds is 5. The van der Waals surface area contributed by atoms with Gasteiger partial charge in [0.15, 0.2) is 0 Å². The molecule has 3 nitrogen and oxygen atoms in total. The minimum atomic E-state index is 0.581. The molecular weight excluding hydrogens is 174 g/mol. The van der Waals surface area contributed by atoms with Crippen LogP contribution in [0.3, 0.4) is 0 Å². The van der Waals surface area contributed by atoms with Crippen molar-refractivity contribution in [2.24, 2.45) is 7.05 Å². The third-order valence-corrected chi connectivity index (χ3v) is 2.68. The van der Waals surface area contributed by atoms with Crippen LogP contribution in [0.25, 0.3) is 0 Å². The highest BCUT2D eigenvalue weighted by atomic mass is 15.3. The molecule has 0 spiro atoms. The highest BCUT2D eigenvalue weighted by Gasteiger charge is 2.16. The Balaban J connectivity index is 2.85. The second kappa shape index (κ2) is 5.03. The minimum Gasteiger partial charge on any atom is -0.396 e. The van der Waals surface area contributed by atoms with Gasteiger partial charge in [-0.15, -0.1) is 0 Å². The fraction of sp³-hybridized carbons (Fsp3) is 0.727. The molecule has 1 rings (SSSR count). The summed E-state index contributed by atoms with van der Waals surface area (Å²) in [6, 6.07) is 0. The average molecular weight is 195 g/mol. The summed E-state index contributed by atoms with van der Waals surface area (Å²) >= 11 is 0. The Labute approximate surface area is 86.3 Å². The number of hydrogen-bond acceptors (Lipinski definition) is 2. The molecule has 0 aliphatic heterocycles. The first kappa shape index (κ1) is 11.1. The summed E-state index contributed by atoms with van der Waals surface area (Å²) in [4.78, 5) is 0. The number of nitrogens with two attached hydrogens (primary N) is 1. The third kappa shape index (κ3) is 2.28. The van der Waals surface area contributed by atoms with Crippen LogP contribution in [0.2, 0.25) is 0 Å². The molecule has 0 bridgehead atoms. The second-order valence-electron chi connectivity index (χ2n) is 3.88. The van der Waals surface area contributed by atoms with Crippen LogP contribution in [0.1, 0.15) is 51.1 Å². The van der Waals surface area contributed by atoms with Crippen LogP contribution in [-0.4, -0.2) is 9.78 Å². The predicted molar refractivity (Wildman–Crippen MR) is 60.2 cm³/mol. The van der Waals surface area contributed by atoms with Gasteiger partial charge in [0.25, 0.3) is 0 Å². The fourth-order valence-corrected chi connectivity index (χ4v) is 2.08. The van der Waals surface area contributed by atoms with E-state index in [0.717, 1.165) is 5.69 Å². The molecule has 80 valence electrons. The van der Waals surface area contributed by atoms with E-state index in [1.165, 1.54) is 31.4 Å². The zero-order valence-electron chi connectivity index (χ0n) is 9.45. The van der Waals surface area contributed by atoms with Crippen LogP contribution in [0.4, 0.5) is 5.69 Å². The lowest BCUT2D eigenvalue weighted by molar-refractivity contribution is 0.520. The highest BCUT2D eigenvalue weighted by Crippen LogP contribution is 2.29. The van der Waals surface area contributed by atoms with Crippen LogP contribution in [0.5, 0.6) is 0 Å². The molecule has 0 atom stereocenters. The van der Waals surface area contributed by atoms with E-state index in [2.05, 4.69) is 18.9 Å². The van der Waals surface area contributed by atoms with E-state index < -0.39 is 0 Å². The zero-order valence-corrected chi connectivity index (χ0v) is 9.45. The van der Waals surface area contributed by atoms with Crippen molar-refractivity contribution < 1.29 is 0 Å². The summed E-state index contributed by atoms with van der Waals surface area (Å²) in [5, 5.41) is 4.19. The normalized spacial score (nSPS) is 11.1. The maximum Gasteiger partial charge on any atom is 0.0735 e. The first-order valence-corrected chi connectivity index (χ1v) is 5.48.